The van der Waals surface area contributed by atoms with Crippen LogP contribution in [0.4, 0.5) is 23.4 Å². The highest BCUT2D eigenvalue weighted by Crippen LogP contribution is 2.13. The predicted molar refractivity (Wildman–Crippen MR) is 254 cm³/mol. The third-order valence-corrected chi connectivity index (χ3v) is 9.16. The van der Waals surface area contributed by atoms with Crippen LogP contribution in [0.3, 0.4) is 0 Å². The molecule has 8 heterocycles. The Morgan fingerprint density at radius 3 is 1.61 bits per heavy atom. The van der Waals surface area contributed by atoms with Gasteiger partial charge in [-0.25, -0.2) is 39.1 Å². The van der Waals surface area contributed by atoms with E-state index in [0.29, 0.717) is 66.6 Å². The number of rotatable bonds is 6. The molecule has 0 aliphatic carbocycles. The molecule has 27 heteroatoms. The van der Waals surface area contributed by atoms with Crippen LogP contribution in [0.1, 0.15) is 52.7 Å². The molecule has 8 rings (SSSR count). The van der Waals surface area contributed by atoms with E-state index < -0.39 is 0 Å². The molecule has 0 radical (unpaired) electrons. The number of nitrogens with one attached hydrogen (secondary N) is 3. The molecule has 0 unspecified atom stereocenters. The molecular formula is C40H56N20O7. The average molecular weight is 929 g/mol. The van der Waals surface area contributed by atoms with Gasteiger partial charge in [0.15, 0.2) is 22.6 Å². The van der Waals surface area contributed by atoms with Crippen molar-refractivity contribution in [2.45, 2.75) is 94.7 Å². The number of aromatic amines is 3. The summed E-state index contributed by atoms with van der Waals surface area (Å²) in [5.74, 6) is 1.15. The second-order valence-electron chi connectivity index (χ2n) is 13.7. The van der Waals surface area contributed by atoms with E-state index in [4.69, 9.17) is 22.9 Å². The first-order chi connectivity index (χ1) is 31.8. The van der Waals surface area contributed by atoms with Gasteiger partial charge >= 0.3 is 22.8 Å². The van der Waals surface area contributed by atoms with Crippen LogP contribution < -0.4 is 62.4 Å². The fourth-order valence-corrected chi connectivity index (χ4v) is 5.40. The van der Waals surface area contributed by atoms with Gasteiger partial charge in [0, 0.05) is 81.2 Å². The molecule has 0 aliphatic heterocycles. The summed E-state index contributed by atoms with van der Waals surface area (Å²) < 4.78 is 9.56. The zero-order chi connectivity index (χ0) is 50.0. The first-order valence-corrected chi connectivity index (χ1v) is 20.7. The van der Waals surface area contributed by atoms with Crippen molar-refractivity contribution in [3.8, 4) is 0 Å². The van der Waals surface area contributed by atoms with Crippen LogP contribution in [0.2, 0.25) is 0 Å². The normalized spacial score (nSPS) is 10.2. The number of anilines is 4. The maximum atomic E-state index is 11.3. The SMILES string of the molecule is CCn1cc(C)c(=O)[nH]c1=O.CCn1cc(C)c(N)nc1=O.CCn1ccc(=O)[nH]c1=O.CCn1ccc(N)nc1=O.CCn1cnc2c(=O)[nH]c(N)nc21.CCn1cnc2c(N)ncnc21. The maximum Gasteiger partial charge on any atom is 0.349 e. The van der Waals surface area contributed by atoms with Crippen molar-refractivity contribution in [2.24, 2.45) is 0 Å². The lowest BCUT2D eigenvalue weighted by Gasteiger charge is -2.02. The summed E-state index contributed by atoms with van der Waals surface area (Å²) in [7, 11) is 0. The van der Waals surface area contributed by atoms with Crippen molar-refractivity contribution in [2.75, 3.05) is 22.9 Å². The fourth-order valence-electron chi connectivity index (χ4n) is 5.40. The first-order valence-electron chi connectivity index (χ1n) is 20.7. The van der Waals surface area contributed by atoms with E-state index in [1.54, 1.807) is 48.8 Å². The number of nitrogens with two attached hydrogens (primary N) is 4. The van der Waals surface area contributed by atoms with E-state index >= 15 is 0 Å². The van der Waals surface area contributed by atoms with Crippen LogP contribution in [-0.4, -0.2) is 77.2 Å². The van der Waals surface area contributed by atoms with E-state index in [1.807, 2.05) is 53.0 Å². The largest absolute Gasteiger partial charge is 0.383 e. The molecule has 0 bridgehead atoms. The van der Waals surface area contributed by atoms with Gasteiger partial charge in [-0.05, 0) is 61.5 Å². The Hall–Kier alpha value is -8.78. The van der Waals surface area contributed by atoms with E-state index in [0.717, 1.165) is 17.8 Å². The van der Waals surface area contributed by atoms with Crippen molar-refractivity contribution in [3.05, 3.63) is 140 Å². The van der Waals surface area contributed by atoms with Crippen LogP contribution in [0, 0.1) is 13.8 Å². The molecule has 0 saturated carbocycles. The minimum Gasteiger partial charge on any atom is -0.383 e. The second-order valence-corrected chi connectivity index (χ2v) is 13.7. The van der Waals surface area contributed by atoms with Crippen molar-refractivity contribution in [3.63, 3.8) is 0 Å². The van der Waals surface area contributed by atoms with Crippen LogP contribution in [0.25, 0.3) is 22.3 Å². The Balaban J connectivity index is 0.000000214. The van der Waals surface area contributed by atoms with Gasteiger partial charge in [0.1, 0.15) is 23.5 Å². The van der Waals surface area contributed by atoms with Gasteiger partial charge in [-0.2, -0.15) is 15.0 Å². The average Bonchev–Trinajstić information content (AvgIpc) is 3.92. The van der Waals surface area contributed by atoms with E-state index in [2.05, 4.69) is 49.8 Å². The number of aromatic nitrogens is 16. The van der Waals surface area contributed by atoms with Gasteiger partial charge in [0.05, 0.1) is 12.7 Å². The Bertz CT molecular complexity index is 3320. The molecule has 27 nitrogen and oxygen atoms in total. The summed E-state index contributed by atoms with van der Waals surface area (Å²) in [6.45, 7) is 18.9. The number of fused-ring (bicyclic) bond motifs is 2. The molecule has 8 aromatic rings. The van der Waals surface area contributed by atoms with Gasteiger partial charge in [0.25, 0.3) is 16.7 Å². The van der Waals surface area contributed by atoms with E-state index in [1.165, 1.54) is 36.9 Å². The second kappa shape index (κ2) is 24.9. The monoisotopic (exact) mass is 928 g/mol. The molecule has 0 atom stereocenters. The molecular weight excluding hydrogens is 873 g/mol. The summed E-state index contributed by atoms with van der Waals surface area (Å²) in [4.78, 5) is 110. The number of H-pyrrole nitrogens is 3. The minimum absolute atomic E-state index is 0.118. The lowest BCUT2D eigenvalue weighted by atomic mass is 10.3. The molecule has 0 fully saturated rings. The Morgan fingerprint density at radius 1 is 0.493 bits per heavy atom. The zero-order valence-electron chi connectivity index (χ0n) is 38.4. The molecule has 67 heavy (non-hydrogen) atoms. The van der Waals surface area contributed by atoms with Crippen LogP contribution in [0.5, 0.6) is 0 Å². The van der Waals surface area contributed by atoms with Crippen molar-refractivity contribution < 1.29 is 0 Å². The summed E-state index contributed by atoms with van der Waals surface area (Å²) >= 11 is 0. The van der Waals surface area contributed by atoms with Gasteiger partial charge in [-0.3, -0.25) is 38.5 Å². The molecule has 0 saturated heterocycles. The highest BCUT2D eigenvalue weighted by molar-refractivity contribution is 5.81. The van der Waals surface area contributed by atoms with Gasteiger partial charge in [-0.1, -0.05) is 0 Å². The summed E-state index contributed by atoms with van der Waals surface area (Å²) in [5, 5.41) is 0. The van der Waals surface area contributed by atoms with Crippen molar-refractivity contribution in [1.29, 1.82) is 0 Å². The highest BCUT2D eigenvalue weighted by Gasteiger charge is 2.08. The highest BCUT2D eigenvalue weighted by atomic mass is 16.2. The van der Waals surface area contributed by atoms with Gasteiger partial charge < -0.3 is 41.2 Å². The maximum absolute atomic E-state index is 11.3. The van der Waals surface area contributed by atoms with Crippen LogP contribution in [-0.2, 0) is 39.3 Å². The first kappa shape index (κ1) is 52.6. The predicted octanol–water partition coefficient (Wildman–Crippen LogP) is -0.429. The number of nitrogens with zero attached hydrogens (tertiary/aromatic N) is 13. The van der Waals surface area contributed by atoms with E-state index in [9.17, 15) is 33.6 Å². The Morgan fingerprint density at radius 2 is 1.03 bits per heavy atom. The summed E-state index contributed by atoms with van der Waals surface area (Å²) in [6.07, 6.45) is 11.1. The summed E-state index contributed by atoms with van der Waals surface area (Å²) in [6, 6.07) is 2.93. The molecule has 11 N–H and O–H groups in total. The number of nitrogen functional groups attached to an aromatic ring is 4. The molecule has 0 amide bonds. The quantitative estimate of drug-likeness (QED) is 0.111. The lowest BCUT2D eigenvalue weighted by Crippen LogP contribution is -2.30. The standard InChI is InChI=1S/C7H9N5O.C7H9N5.C7H11N3O.C7H10N2O2.C6H9N3O.C6H8N2O2/c1-2-12-3-9-4-5(12)10-7(8)11-6(4)13;1-2-12-4-11-5-6(8)9-3-10-7(5)12;1-3-10-4-5(2)6(8)9-7(10)11;1-3-9-4-5(2)6(10)8-7(9)11;1-2-9-4-3-5(7)8-6(9)10;1-2-8-4-3-5(9)7-6(8)10/h3H,2H2,1H3,(H3,8,10,11,13);3-4H,2H2,1H3,(H2,8,9,10);4H,3H2,1-2H3,(H2,8,9,11);4H,3H2,1-2H3,(H,8,10,11);3-4H,2H2,1H3,(H2,7,8,10);3-4H,2H2,1H3,(H,7,9,10). The number of hydrogen-bond acceptors (Lipinski definition) is 18. The topological polar surface area (TPSA) is 391 Å². The van der Waals surface area contributed by atoms with Gasteiger partial charge in [0.2, 0.25) is 5.95 Å². The minimum atomic E-state index is -0.352. The zero-order valence-corrected chi connectivity index (χ0v) is 38.4. The van der Waals surface area contributed by atoms with Crippen LogP contribution >= 0.6 is 0 Å². The fraction of sp³-hybridized carbons (Fsp3) is 0.350. The summed E-state index contributed by atoms with van der Waals surface area (Å²) in [5.41, 5.74) is 23.2. The number of imidazole rings is 2. The third kappa shape index (κ3) is 14.6. The molecule has 8 aromatic heterocycles. The third-order valence-electron chi connectivity index (χ3n) is 9.16. The van der Waals surface area contributed by atoms with Crippen LogP contribution in [0.15, 0.2) is 89.5 Å². The Labute approximate surface area is 379 Å². The lowest BCUT2D eigenvalue weighted by molar-refractivity contribution is 0.687. The van der Waals surface area contributed by atoms with E-state index in [-0.39, 0.29) is 51.2 Å². The molecule has 358 valence electrons. The molecule has 0 aromatic carbocycles. The smallest absolute Gasteiger partial charge is 0.349 e. The number of hydrogen-bond donors (Lipinski definition) is 7. The van der Waals surface area contributed by atoms with Crippen molar-refractivity contribution in [1.82, 2.24) is 77.2 Å². The Kier molecular flexibility index (Phi) is 19.5. The molecule has 0 aliphatic rings. The molecule has 0 spiro atoms. The van der Waals surface area contributed by atoms with Crippen molar-refractivity contribution >= 4 is 45.7 Å². The van der Waals surface area contributed by atoms with Gasteiger partial charge in [-0.15, -0.1) is 0 Å². The number of aryl methyl sites for hydroxylation is 8.